The zero-order chi connectivity index (χ0) is 14.2. The predicted octanol–water partition coefficient (Wildman–Crippen LogP) is 3.48. The zero-order valence-electron chi connectivity index (χ0n) is 11.4. The Hall–Kier alpha value is -2.29. The lowest BCUT2D eigenvalue weighted by Crippen LogP contribution is -2.32. The number of hydrogen-bond acceptors (Lipinski definition) is 3. The number of ether oxygens (including phenoxy) is 2. The highest BCUT2D eigenvalue weighted by Crippen LogP contribution is 2.30. The molecule has 1 heterocycles. The predicted molar refractivity (Wildman–Crippen MR) is 77.7 cm³/mol. The van der Waals surface area contributed by atoms with Gasteiger partial charge in [0.15, 0.2) is 0 Å². The van der Waals surface area contributed by atoms with E-state index >= 15 is 0 Å². The number of esters is 1. The first-order chi connectivity index (χ1) is 9.56. The third-order valence-electron chi connectivity index (χ3n) is 3.48. The van der Waals surface area contributed by atoms with Crippen LogP contribution >= 0.6 is 0 Å². The van der Waals surface area contributed by atoms with Gasteiger partial charge in [-0.05, 0) is 29.8 Å². The number of fused-ring (bicyclic) bond motifs is 1. The molecule has 1 aliphatic rings. The van der Waals surface area contributed by atoms with Crippen LogP contribution in [0.1, 0.15) is 13.3 Å². The number of cyclic esters (lactones) is 1. The van der Waals surface area contributed by atoms with Gasteiger partial charge in [0.05, 0.1) is 0 Å². The molecule has 2 aromatic rings. The molecule has 20 heavy (non-hydrogen) atoms. The number of benzene rings is 2. The second kappa shape index (κ2) is 4.67. The molecule has 1 fully saturated rings. The minimum absolute atomic E-state index is 0.324. The molecule has 0 spiro atoms. The molecule has 102 valence electrons. The molecule has 1 atom stereocenters. The van der Waals surface area contributed by atoms with Gasteiger partial charge < -0.3 is 9.47 Å². The van der Waals surface area contributed by atoms with Gasteiger partial charge in [-0.15, -0.1) is 0 Å². The number of carbonyl (C=O) groups is 1. The third-order valence-corrected chi connectivity index (χ3v) is 3.48. The smallest absolute Gasteiger partial charge is 0.334 e. The second-order valence-corrected chi connectivity index (χ2v) is 5.42. The molecule has 0 saturated carbocycles. The SMILES string of the molecule is C=C1CC(C)(COc2ccc3ccccc3c2)OC1=O. The highest BCUT2D eigenvalue weighted by Gasteiger charge is 2.39. The summed E-state index contributed by atoms with van der Waals surface area (Å²) in [7, 11) is 0. The molecule has 2 aromatic carbocycles. The first-order valence-electron chi connectivity index (χ1n) is 6.58. The summed E-state index contributed by atoms with van der Waals surface area (Å²) in [5, 5.41) is 2.30. The van der Waals surface area contributed by atoms with Crippen LogP contribution in [0.15, 0.2) is 54.6 Å². The van der Waals surface area contributed by atoms with Crippen molar-refractivity contribution in [3.05, 3.63) is 54.6 Å². The molecule has 0 aromatic heterocycles. The number of hydrogen-bond donors (Lipinski definition) is 0. The lowest BCUT2D eigenvalue weighted by atomic mass is 10.0. The molecule has 0 N–H and O–H groups in total. The van der Waals surface area contributed by atoms with E-state index in [-0.39, 0.29) is 5.97 Å². The molecular formula is C17H16O3. The first kappa shape index (κ1) is 12.7. The van der Waals surface area contributed by atoms with Gasteiger partial charge in [0.25, 0.3) is 0 Å². The normalized spacial score (nSPS) is 22.1. The highest BCUT2D eigenvalue weighted by atomic mass is 16.6. The van der Waals surface area contributed by atoms with Gasteiger partial charge in [-0.3, -0.25) is 0 Å². The van der Waals surface area contributed by atoms with Gasteiger partial charge in [0.2, 0.25) is 0 Å². The maximum atomic E-state index is 11.4. The van der Waals surface area contributed by atoms with Gasteiger partial charge in [0.1, 0.15) is 18.0 Å². The molecule has 1 unspecified atom stereocenters. The van der Waals surface area contributed by atoms with Crippen molar-refractivity contribution in [3.63, 3.8) is 0 Å². The molecule has 3 heteroatoms. The lowest BCUT2D eigenvalue weighted by molar-refractivity contribution is -0.147. The van der Waals surface area contributed by atoms with E-state index in [1.54, 1.807) is 0 Å². The lowest BCUT2D eigenvalue weighted by Gasteiger charge is -2.22. The molecule has 0 amide bonds. The van der Waals surface area contributed by atoms with E-state index in [2.05, 4.69) is 12.6 Å². The van der Waals surface area contributed by atoms with Crippen LogP contribution in [0.3, 0.4) is 0 Å². The summed E-state index contributed by atoms with van der Waals surface area (Å²) < 4.78 is 11.1. The van der Waals surface area contributed by atoms with Crippen molar-refractivity contribution in [2.45, 2.75) is 18.9 Å². The maximum absolute atomic E-state index is 11.4. The van der Waals surface area contributed by atoms with Gasteiger partial charge in [0, 0.05) is 12.0 Å². The van der Waals surface area contributed by atoms with Crippen LogP contribution in [0.5, 0.6) is 5.75 Å². The Labute approximate surface area is 117 Å². The fourth-order valence-corrected chi connectivity index (χ4v) is 2.43. The Kier molecular flexibility index (Phi) is 2.97. The fourth-order valence-electron chi connectivity index (χ4n) is 2.43. The van der Waals surface area contributed by atoms with Crippen molar-refractivity contribution in [1.29, 1.82) is 0 Å². The van der Waals surface area contributed by atoms with Gasteiger partial charge >= 0.3 is 5.97 Å². The zero-order valence-corrected chi connectivity index (χ0v) is 11.4. The topological polar surface area (TPSA) is 35.5 Å². The summed E-state index contributed by atoms with van der Waals surface area (Å²) in [6.45, 7) is 5.89. The summed E-state index contributed by atoms with van der Waals surface area (Å²) in [4.78, 5) is 11.4. The summed E-state index contributed by atoms with van der Waals surface area (Å²) in [6.07, 6.45) is 0.513. The highest BCUT2D eigenvalue weighted by molar-refractivity contribution is 5.90. The van der Waals surface area contributed by atoms with Crippen molar-refractivity contribution < 1.29 is 14.3 Å². The molecule has 0 bridgehead atoms. The summed E-state index contributed by atoms with van der Waals surface area (Å²) in [5.74, 6) is 0.452. The van der Waals surface area contributed by atoms with Crippen molar-refractivity contribution in [1.82, 2.24) is 0 Å². The van der Waals surface area contributed by atoms with E-state index in [0.717, 1.165) is 11.1 Å². The molecule has 0 aliphatic carbocycles. The van der Waals surface area contributed by atoms with Crippen molar-refractivity contribution in [2.24, 2.45) is 0 Å². The standard InChI is InChI=1S/C17H16O3/c1-12-10-17(2,20-16(12)18)11-19-15-8-7-13-5-3-4-6-14(13)9-15/h3-9H,1,10-11H2,2H3. The van der Waals surface area contributed by atoms with Gasteiger partial charge in [-0.2, -0.15) is 0 Å². The van der Waals surface area contributed by atoms with Crippen molar-refractivity contribution in [2.75, 3.05) is 6.61 Å². The van der Waals surface area contributed by atoms with Gasteiger partial charge in [-0.25, -0.2) is 4.79 Å². The van der Waals surface area contributed by atoms with Crippen molar-refractivity contribution >= 4 is 16.7 Å². The van der Waals surface area contributed by atoms with Crippen LogP contribution in [0.25, 0.3) is 10.8 Å². The van der Waals surface area contributed by atoms with Crippen LogP contribution in [0, 0.1) is 0 Å². The van der Waals surface area contributed by atoms with E-state index in [1.807, 2.05) is 43.3 Å². The summed E-state index contributed by atoms with van der Waals surface area (Å²) in [5.41, 5.74) is -0.102. The van der Waals surface area contributed by atoms with Crippen LogP contribution in [-0.4, -0.2) is 18.2 Å². The summed E-state index contributed by atoms with van der Waals surface area (Å²) in [6, 6.07) is 14.0. The fraction of sp³-hybridized carbons (Fsp3) is 0.235. The van der Waals surface area contributed by atoms with Crippen LogP contribution in [-0.2, 0) is 9.53 Å². The van der Waals surface area contributed by atoms with E-state index < -0.39 is 5.60 Å². The van der Waals surface area contributed by atoms with Crippen LogP contribution in [0.2, 0.25) is 0 Å². The Bertz CT molecular complexity index is 671. The molecule has 3 rings (SSSR count). The van der Waals surface area contributed by atoms with Gasteiger partial charge in [-0.1, -0.05) is 36.9 Å². The van der Waals surface area contributed by atoms with E-state index in [4.69, 9.17) is 9.47 Å². The van der Waals surface area contributed by atoms with Crippen LogP contribution in [0.4, 0.5) is 0 Å². The minimum atomic E-state index is -0.611. The average molecular weight is 268 g/mol. The van der Waals surface area contributed by atoms with Crippen molar-refractivity contribution in [3.8, 4) is 5.75 Å². The monoisotopic (exact) mass is 268 g/mol. The molecule has 1 aliphatic heterocycles. The Morgan fingerprint density at radius 3 is 2.70 bits per heavy atom. The quantitative estimate of drug-likeness (QED) is 0.631. The summed E-state index contributed by atoms with van der Waals surface area (Å²) >= 11 is 0. The molecular weight excluding hydrogens is 252 g/mol. The Morgan fingerprint density at radius 1 is 1.25 bits per heavy atom. The Balaban J connectivity index is 1.74. The van der Waals surface area contributed by atoms with E-state index in [9.17, 15) is 4.79 Å². The first-order valence-corrected chi connectivity index (χ1v) is 6.58. The maximum Gasteiger partial charge on any atom is 0.334 e. The van der Waals surface area contributed by atoms with Crippen LogP contribution < -0.4 is 4.74 Å². The third kappa shape index (κ3) is 2.39. The number of rotatable bonds is 3. The average Bonchev–Trinajstić information content (AvgIpc) is 2.70. The Morgan fingerprint density at radius 2 is 2.00 bits per heavy atom. The van der Waals surface area contributed by atoms with E-state index in [1.165, 1.54) is 5.39 Å². The molecule has 0 radical (unpaired) electrons. The molecule has 3 nitrogen and oxygen atoms in total. The largest absolute Gasteiger partial charge is 0.489 e. The van der Waals surface area contributed by atoms with E-state index in [0.29, 0.717) is 18.6 Å². The number of carbonyl (C=O) groups excluding carboxylic acids is 1. The molecule has 1 saturated heterocycles. The minimum Gasteiger partial charge on any atom is -0.489 e. The second-order valence-electron chi connectivity index (χ2n) is 5.42.